The van der Waals surface area contributed by atoms with Crippen molar-refractivity contribution in [2.75, 3.05) is 19.4 Å². The lowest BCUT2D eigenvalue weighted by atomic mass is 9.97. The van der Waals surface area contributed by atoms with E-state index in [1.54, 1.807) is 7.11 Å². The first-order valence-electron chi connectivity index (χ1n) is 8.34. The van der Waals surface area contributed by atoms with Crippen LogP contribution in [0.1, 0.15) is 30.4 Å². The minimum Gasteiger partial charge on any atom is -0.497 e. The summed E-state index contributed by atoms with van der Waals surface area (Å²) in [6, 6.07) is 16.0. The molecule has 24 heavy (non-hydrogen) atoms. The van der Waals surface area contributed by atoms with Gasteiger partial charge in [0, 0.05) is 24.2 Å². The van der Waals surface area contributed by atoms with Gasteiger partial charge in [-0.2, -0.15) is 0 Å². The van der Waals surface area contributed by atoms with E-state index in [0.717, 1.165) is 30.0 Å². The molecule has 0 saturated carbocycles. The number of likely N-dealkylation sites (tertiary alicyclic amines) is 1. The number of carbonyl (C=O) groups is 1. The predicted octanol–water partition coefficient (Wildman–Crippen LogP) is 3.22. The smallest absolute Gasteiger partial charge is 0.227 e. The summed E-state index contributed by atoms with van der Waals surface area (Å²) < 4.78 is 5.21. The maximum atomic E-state index is 12.7. The van der Waals surface area contributed by atoms with Gasteiger partial charge in [0.05, 0.1) is 13.5 Å². The second-order valence-electron chi connectivity index (χ2n) is 6.52. The second-order valence-corrected chi connectivity index (χ2v) is 6.52. The maximum Gasteiger partial charge on any atom is 0.227 e. The van der Waals surface area contributed by atoms with Crippen LogP contribution in [0.4, 0.5) is 5.69 Å². The first kappa shape index (κ1) is 16.4. The predicted molar refractivity (Wildman–Crippen MR) is 96.1 cm³/mol. The molecule has 2 atom stereocenters. The number of methoxy groups -OCH3 is 1. The van der Waals surface area contributed by atoms with Gasteiger partial charge in [-0.1, -0.05) is 24.3 Å². The van der Waals surface area contributed by atoms with E-state index in [1.165, 1.54) is 5.56 Å². The number of rotatable bonds is 4. The minimum atomic E-state index is 0.184. The number of anilines is 1. The molecule has 4 nitrogen and oxygen atoms in total. The van der Waals surface area contributed by atoms with E-state index < -0.39 is 0 Å². The number of nitrogens with two attached hydrogens (primary N) is 1. The Kier molecular flexibility index (Phi) is 4.74. The highest BCUT2D eigenvalue weighted by atomic mass is 16.5. The molecule has 0 bridgehead atoms. The summed E-state index contributed by atoms with van der Waals surface area (Å²) in [4.78, 5) is 14.7. The van der Waals surface area contributed by atoms with Crippen LogP contribution in [0.15, 0.2) is 48.5 Å². The zero-order valence-electron chi connectivity index (χ0n) is 14.2. The fourth-order valence-corrected chi connectivity index (χ4v) is 3.41. The molecular weight excluding hydrogens is 300 g/mol. The van der Waals surface area contributed by atoms with Gasteiger partial charge >= 0.3 is 0 Å². The van der Waals surface area contributed by atoms with Crippen LogP contribution in [-0.4, -0.2) is 30.5 Å². The van der Waals surface area contributed by atoms with Crippen LogP contribution in [0.2, 0.25) is 0 Å². The van der Waals surface area contributed by atoms with Crippen molar-refractivity contribution < 1.29 is 9.53 Å². The Morgan fingerprint density at radius 1 is 1.17 bits per heavy atom. The van der Waals surface area contributed by atoms with Gasteiger partial charge in [0.25, 0.3) is 0 Å². The van der Waals surface area contributed by atoms with E-state index in [-0.39, 0.29) is 11.9 Å². The third-order valence-electron chi connectivity index (χ3n) is 4.82. The van der Waals surface area contributed by atoms with Gasteiger partial charge < -0.3 is 15.4 Å². The molecule has 2 aromatic carbocycles. The number of amides is 1. The standard InChI is InChI=1S/C20H24N2O2/c1-14-11-17(16-5-9-19(24-2)10-6-16)13-22(14)20(23)12-15-3-7-18(21)8-4-15/h3-10,14,17H,11-13,21H2,1-2H3/t14-,17+/m0/s1. The Hall–Kier alpha value is -2.49. The Bertz CT molecular complexity index is 695. The maximum absolute atomic E-state index is 12.7. The molecule has 0 aliphatic carbocycles. The molecule has 1 heterocycles. The lowest BCUT2D eigenvalue weighted by Crippen LogP contribution is -2.35. The van der Waals surface area contributed by atoms with Gasteiger partial charge in [-0.15, -0.1) is 0 Å². The SMILES string of the molecule is COc1ccc([C@@H]2C[C@H](C)N(C(=O)Cc3ccc(N)cc3)C2)cc1. The van der Waals surface area contributed by atoms with Gasteiger partial charge in [-0.3, -0.25) is 4.79 Å². The fourth-order valence-electron chi connectivity index (χ4n) is 3.41. The molecule has 1 aliphatic rings. The number of hydrogen-bond donors (Lipinski definition) is 1. The van der Waals surface area contributed by atoms with Crippen molar-refractivity contribution in [3.63, 3.8) is 0 Å². The Balaban J connectivity index is 1.66. The van der Waals surface area contributed by atoms with E-state index >= 15 is 0 Å². The average Bonchev–Trinajstić information content (AvgIpc) is 2.99. The van der Waals surface area contributed by atoms with Gasteiger partial charge in [0.1, 0.15) is 5.75 Å². The van der Waals surface area contributed by atoms with Crippen molar-refractivity contribution in [3.8, 4) is 5.75 Å². The van der Waals surface area contributed by atoms with Crippen molar-refractivity contribution in [3.05, 3.63) is 59.7 Å². The zero-order chi connectivity index (χ0) is 17.1. The molecule has 0 unspecified atom stereocenters. The molecule has 1 saturated heterocycles. The molecular formula is C20H24N2O2. The van der Waals surface area contributed by atoms with Crippen molar-refractivity contribution >= 4 is 11.6 Å². The Morgan fingerprint density at radius 3 is 2.46 bits per heavy atom. The van der Waals surface area contributed by atoms with Gasteiger partial charge in [-0.05, 0) is 48.7 Å². The fraction of sp³-hybridized carbons (Fsp3) is 0.350. The van der Waals surface area contributed by atoms with E-state index in [9.17, 15) is 4.79 Å². The third kappa shape index (κ3) is 3.53. The van der Waals surface area contributed by atoms with Gasteiger partial charge in [0.2, 0.25) is 5.91 Å². The molecule has 1 amide bonds. The van der Waals surface area contributed by atoms with Crippen molar-refractivity contribution in [2.45, 2.75) is 31.7 Å². The molecule has 1 fully saturated rings. The molecule has 1 aliphatic heterocycles. The van der Waals surface area contributed by atoms with Crippen molar-refractivity contribution in [1.29, 1.82) is 0 Å². The highest BCUT2D eigenvalue weighted by Gasteiger charge is 2.32. The second kappa shape index (κ2) is 6.95. The van der Waals surface area contributed by atoms with Crippen LogP contribution in [-0.2, 0) is 11.2 Å². The lowest BCUT2D eigenvalue weighted by Gasteiger charge is -2.21. The number of hydrogen-bond acceptors (Lipinski definition) is 3. The number of nitrogen functional groups attached to an aromatic ring is 1. The van der Waals surface area contributed by atoms with Gasteiger partial charge in [0.15, 0.2) is 0 Å². The molecule has 2 aromatic rings. The molecule has 0 aromatic heterocycles. The minimum absolute atomic E-state index is 0.184. The van der Waals surface area contributed by atoms with E-state index in [0.29, 0.717) is 12.3 Å². The van der Waals surface area contributed by atoms with E-state index in [4.69, 9.17) is 10.5 Å². The van der Waals surface area contributed by atoms with Crippen LogP contribution >= 0.6 is 0 Å². The molecule has 0 spiro atoms. The highest BCUT2D eigenvalue weighted by Crippen LogP contribution is 2.32. The molecule has 0 radical (unpaired) electrons. The summed E-state index contributed by atoms with van der Waals surface area (Å²) >= 11 is 0. The first-order valence-corrected chi connectivity index (χ1v) is 8.34. The number of carbonyl (C=O) groups excluding carboxylic acids is 1. The first-order chi connectivity index (χ1) is 11.6. The van der Waals surface area contributed by atoms with Crippen LogP contribution in [0, 0.1) is 0 Å². The third-order valence-corrected chi connectivity index (χ3v) is 4.82. The average molecular weight is 324 g/mol. The largest absolute Gasteiger partial charge is 0.497 e. The Labute approximate surface area is 143 Å². The number of nitrogens with zero attached hydrogens (tertiary/aromatic N) is 1. The van der Waals surface area contributed by atoms with Gasteiger partial charge in [-0.25, -0.2) is 0 Å². The Morgan fingerprint density at radius 2 is 1.83 bits per heavy atom. The van der Waals surface area contributed by atoms with Crippen molar-refractivity contribution in [2.24, 2.45) is 0 Å². The zero-order valence-corrected chi connectivity index (χ0v) is 14.2. The van der Waals surface area contributed by atoms with E-state index in [2.05, 4.69) is 19.1 Å². The van der Waals surface area contributed by atoms with Crippen molar-refractivity contribution in [1.82, 2.24) is 4.90 Å². The summed E-state index contributed by atoms with van der Waals surface area (Å²) in [6.07, 6.45) is 1.43. The molecule has 126 valence electrons. The quantitative estimate of drug-likeness (QED) is 0.879. The van der Waals surface area contributed by atoms with E-state index in [1.807, 2.05) is 41.3 Å². The summed E-state index contributed by atoms with van der Waals surface area (Å²) in [5.74, 6) is 1.44. The monoisotopic (exact) mass is 324 g/mol. The van der Waals surface area contributed by atoms with Crippen LogP contribution in [0.3, 0.4) is 0 Å². The normalized spacial score (nSPS) is 20.2. The summed E-state index contributed by atoms with van der Waals surface area (Å²) in [6.45, 7) is 2.91. The topological polar surface area (TPSA) is 55.6 Å². The van der Waals surface area contributed by atoms with Crippen LogP contribution in [0.5, 0.6) is 5.75 Å². The summed E-state index contributed by atoms with van der Waals surface area (Å²) in [7, 11) is 1.67. The molecule has 2 N–H and O–H groups in total. The van der Waals surface area contributed by atoms with Crippen LogP contribution in [0.25, 0.3) is 0 Å². The van der Waals surface area contributed by atoms with Crippen LogP contribution < -0.4 is 10.5 Å². The highest BCUT2D eigenvalue weighted by molar-refractivity contribution is 5.79. The summed E-state index contributed by atoms with van der Waals surface area (Å²) in [5, 5.41) is 0. The molecule has 4 heteroatoms. The lowest BCUT2D eigenvalue weighted by molar-refractivity contribution is -0.131. The molecule has 3 rings (SSSR count). The number of benzene rings is 2. The number of ether oxygens (including phenoxy) is 1. The summed E-state index contributed by atoms with van der Waals surface area (Å²) in [5.41, 5.74) is 8.70.